The van der Waals surface area contributed by atoms with Crippen molar-refractivity contribution in [1.82, 2.24) is 9.88 Å². The van der Waals surface area contributed by atoms with Crippen molar-refractivity contribution >= 4 is 11.7 Å². The van der Waals surface area contributed by atoms with Crippen molar-refractivity contribution in [2.45, 2.75) is 18.9 Å². The SMILES string of the molecule is CN(C)[C@@H]1CC[C@H](C(=O)O)CN(c2ccnc(-c3ccc4c(c3)OCO4)c2)C1. The fraction of sp³-hybridized carbons (Fsp3) is 0.429. The average molecular weight is 383 g/mol. The normalized spacial score (nSPS) is 21.6. The van der Waals surface area contributed by atoms with Gasteiger partial charge < -0.3 is 24.4 Å². The van der Waals surface area contributed by atoms with Crippen LogP contribution in [0.4, 0.5) is 5.69 Å². The molecule has 2 aliphatic heterocycles. The molecule has 3 heterocycles. The Balaban J connectivity index is 1.64. The van der Waals surface area contributed by atoms with E-state index in [0.717, 1.165) is 41.4 Å². The fourth-order valence-corrected chi connectivity index (χ4v) is 3.83. The molecule has 0 spiro atoms. The molecule has 1 N–H and O–H groups in total. The van der Waals surface area contributed by atoms with Gasteiger partial charge in [-0.05, 0) is 57.3 Å². The molecule has 4 rings (SSSR count). The van der Waals surface area contributed by atoms with E-state index in [0.29, 0.717) is 19.0 Å². The third-order valence-electron chi connectivity index (χ3n) is 5.58. The zero-order chi connectivity index (χ0) is 19.7. The van der Waals surface area contributed by atoms with Gasteiger partial charge in [-0.15, -0.1) is 0 Å². The van der Waals surface area contributed by atoms with E-state index in [1.54, 1.807) is 6.20 Å². The van der Waals surface area contributed by atoms with Gasteiger partial charge in [0.2, 0.25) is 6.79 Å². The maximum Gasteiger partial charge on any atom is 0.308 e. The number of fused-ring (bicyclic) bond motifs is 1. The number of ether oxygens (including phenoxy) is 2. The molecule has 28 heavy (non-hydrogen) atoms. The van der Waals surface area contributed by atoms with E-state index in [2.05, 4.69) is 28.9 Å². The van der Waals surface area contributed by atoms with Crippen LogP contribution in [0.25, 0.3) is 11.3 Å². The van der Waals surface area contributed by atoms with Gasteiger partial charge in [-0.25, -0.2) is 0 Å². The first kappa shape index (κ1) is 18.6. The number of aliphatic carboxylic acids is 1. The first-order valence-electron chi connectivity index (χ1n) is 9.51. The van der Waals surface area contributed by atoms with Crippen molar-refractivity contribution in [2.24, 2.45) is 5.92 Å². The Morgan fingerprint density at radius 2 is 1.96 bits per heavy atom. The monoisotopic (exact) mass is 383 g/mol. The number of pyridine rings is 1. The number of carboxylic acid groups (broad SMARTS) is 1. The number of carboxylic acids is 1. The first-order chi connectivity index (χ1) is 13.5. The van der Waals surface area contributed by atoms with Crippen molar-refractivity contribution in [3.05, 3.63) is 36.5 Å². The molecule has 0 radical (unpaired) electrons. The predicted octanol–water partition coefficient (Wildman–Crippen LogP) is 2.71. The molecule has 0 aliphatic carbocycles. The van der Waals surface area contributed by atoms with Gasteiger partial charge in [0, 0.05) is 36.6 Å². The Morgan fingerprint density at radius 3 is 2.75 bits per heavy atom. The molecule has 0 unspecified atom stereocenters. The van der Waals surface area contributed by atoms with E-state index in [1.807, 2.05) is 30.3 Å². The molecule has 148 valence electrons. The lowest BCUT2D eigenvalue weighted by molar-refractivity contribution is -0.141. The molecule has 0 saturated carbocycles. The average Bonchev–Trinajstić information content (AvgIpc) is 3.03. The zero-order valence-electron chi connectivity index (χ0n) is 16.2. The Kier molecular flexibility index (Phi) is 5.09. The third kappa shape index (κ3) is 3.75. The van der Waals surface area contributed by atoms with Crippen LogP contribution in [0, 0.1) is 5.92 Å². The van der Waals surface area contributed by atoms with Crippen LogP contribution in [0.15, 0.2) is 36.5 Å². The highest BCUT2D eigenvalue weighted by molar-refractivity contribution is 5.72. The predicted molar refractivity (Wildman–Crippen MR) is 106 cm³/mol. The Bertz CT molecular complexity index is 870. The number of carbonyl (C=O) groups is 1. The molecule has 7 heteroatoms. The summed E-state index contributed by atoms with van der Waals surface area (Å²) in [4.78, 5) is 20.5. The van der Waals surface area contributed by atoms with Crippen molar-refractivity contribution in [1.29, 1.82) is 0 Å². The second-order valence-corrected chi connectivity index (χ2v) is 7.60. The summed E-state index contributed by atoms with van der Waals surface area (Å²) in [5.41, 5.74) is 2.76. The van der Waals surface area contributed by atoms with E-state index in [-0.39, 0.29) is 12.7 Å². The van der Waals surface area contributed by atoms with Gasteiger partial charge in [0.25, 0.3) is 0 Å². The second kappa shape index (κ2) is 7.67. The van der Waals surface area contributed by atoms with Gasteiger partial charge in [0.15, 0.2) is 11.5 Å². The summed E-state index contributed by atoms with van der Waals surface area (Å²) >= 11 is 0. The third-order valence-corrected chi connectivity index (χ3v) is 5.58. The number of anilines is 1. The van der Waals surface area contributed by atoms with Gasteiger partial charge >= 0.3 is 5.97 Å². The quantitative estimate of drug-likeness (QED) is 0.870. The summed E-state index contributed by atoms with van der Waals surface area (Å²) < 4.78 is 10.9. The highest BCUT2D eigenvalue weighted by Crippen LogP contribution is 2.36. The number of aromatic nitrogens is 1. The number of hydrogen-bond donors (Lipinski definition) is 1. The largest absolute Gasteiger partial charge is 0.481 e. The maximum absolute atomic E-state index is 11.7. The van der Waals surface area contributed by atoms with Gasteiger partial charge in [-0.2, -0.15) is 0 Å². The van der Waals surface area contributed by atoms with Gasteiger partial charge in [0.1, 0.15) is 0 Å². The molecular weight excluding hydrogens is 358 g/mol. The van der Waals surface area contributed by atoms with Crippen LogP contribution in [0.3, 0.4) is 0 Å². The maximum atomic E-state index is 11.7. The van der Waals surface area contributed by atoms with E-state index in [9.17, 15) is 9.90 Å². The molecule has 1 aromatic heterocycles. The molecule has 2 aromatic rings. The van der Waals surface area contributed by atoms with Crippen LogP contribution in [-0.2, 0) is 4.79 Å². The standard InChI is InChI=1S/C21H25N3O4/c1-23(2)17-5-3-15(21(25)26)11-24(12-17)16-7-8-22-18(10-16)14-4-6-19-20(9-14)28-13-27-19/h4,6-10,15,17H,3,5,11-13H2,1-2H3,(H,25,26)/t15-,17+/m0/s1. The molecule has 0 bridgehead atoms. The Morgan fingerprint density at radius 1 is 1.14 bits per heavy atom. The van der Waals surface area contributed by atoms with E-state index in [1.165, 1.54) is 0 Å². The molecule has 7 nitrogen and oxygen atoms in total. The summed E-state index contributed by atoms with van der Waals surface area (Å²) in [6.45, 7) is 1.54. The van der Waals surface area contributed by atoms with Crippen molar-refractivity contribution < 1.29 is 19.4 Å². The first-order valence-corrected chi connectivity index (χ1v) is 9.51. The molecular formula is C21H25N3O4. The van der Waals surface area contributed by atoms with Gasteiger partial charge in [-0.3, -0.25) is 9.78 Å². The fourth-order valence-electron chi connectivity index (χ4n) is 3.83. The summed E-state index contributed by atoms with van der Waals surface area (Å²) in [5.74, 6) is 0.366. The Labute approximate surface area is 164 Å². The minimum atomic E-state index is -0.727. The molecule has 2 atom stereocenters. The molecule has 1 saturated heterocycles. The highest BCUT2D eigenvalue weighted by atomic mass is 16.7. The van der Waals surface area contributed by atoms with E-state index < -0.39 is 5.97 Å². The van der Waals surface area contributed by atoms with Crippen LogP contribution in [0.1, 0.15) is 12.8 Å². The number of nitrogens with zero attached hydrogens (tertiary/aromatic N) is 3. The lowest BCUT2D eigenvalue weighted by Gasteiger charge is -2.30. The number of likely N-dealkylation sites (N-methyl/N-ethyl adjacent to an activating group) is 1. The lowest BCUT2D eigenvalue weighted by Crippen LogP contribution is -2.40. The van der Waals surface area contributed by atoms with Gasteiger partial charge in [-0.1, -0.05) is 0 Å². The van der Waals surface area contributed by atoms with Crippen molar-refractivity contribution in [2.75, 3.05) is 38.9 Å². The second-order valence-electron chi connectivity index (χ2n) is 7.60. The number of rotatable bonds is 4. The van der Waals surface area contributed by atoms with Crippen molar-refractivity contribution in [3.63, 3.8) is 0 Å². The Hall–Kier alpha value is -2.80. The smallest absolute Gasteiger partial charge is 0.308 e. The summed E-state index contributed by atoms with van der Waals surface area (Å²) in [6.07, 6.45) is 3.34. The topological polar surface area (TPSA) is 75.1 Å². The zero-order valence-corrected chi connectivity index (χ0v) is 16.2. The summed E-state index contributed by atoms with van der Waals surface area (Å²) in [7, 11) is 4.10. The lowest BCUT2D eigenvalue weighted by atomic mass is 10.0. The van der Waals surface area contributed by atoms with Crippen LogP contribution in [-0.4, -0.2) is 61.0 Å². The van der Waals surface area contributed by atoms with Crippen LogP contribution in [0.5, 0.6) is 11.5 Å². The minimum absolute atomic E-state index is 0.239. The van der Waals surface area contributed by atoms with Crippen LogP contribution < -0.4 is 14.4 Å². The van der Waals surface area contributed by atoms with E-state index >= 15 is 0 Å². The van der Waals surface area contributed by atoms with Crippen LogP contribution in [0.2, 0.25) is 0 Å². The number of benzene rings is 1. The summed E-state index contributed by atoms with van der Waals surface area (Å²) in [5, 5.41) is 9.60. The van der Waals surface area contributed by atoms with Gasteiger partial charge in [0.05, 0.1) is 11.6 Å². The minimum Gasteiger partial charge on any atom is -0.481 e. The molecule has 0 amide bonds. The molecule has 2 aliphatic rings. The van der Waals surface area contributed by atoms with E-state index in [4.69, 9.17) is 9.47 Å². The number of hydrogen-bond acceptors (Lipinski definition) is 6. The highest BCUT2D eigenvalue weighted by Gasteiger charge is 2.29. The molecule has 1 aromatic carbocycles. The summed E-state index contributed by atoms with van der Waals surface area (Å²) in [6, 6.07) is 10.1. The molecule has 1 fully saturated rings. The van der Waals surface area contributed by atoms with Crippen molar-refractivity contribution in [3.8, 4) is 22.8 Å². The van der Waals surface area contributed by atoms with Crippen LogP contribution >= 0.6 is 0 Å².